The average molecular weight is 571 g/mol. The van der Waals surface area contributed by atoms with Crippen molar-refractivity contribution in [2.75, 3.05) is 13.1 Å². The monoisotopic (exact) mass is 570 g/mol. The van der Waals surface area contributed by atoms with E-state index >= 15 is 0 Å². The van der Waals surface area contributed by atoms with Crippen molar-refractivity contribution < 1.29 is 9.90 Å². The second-order valence-electron chi connectivity index (χ2n) is 11.3. The first-order valence-corrected chi connectivity index (χ1v) is 15.3. The molecule has 0 bridgehead atoms. The van der Waals surface area contributed by atoms with Crippen molar-refractivity contribution in [3.8, 4) is 5.88 Å². The minimum absolute atomic E-state index is 0.0209. The highest BCUT2D eigenvalue weighted by molar-refractivity contribution is 6.22. The zero-order chi connectivity index (χ0) is 29.6. The fourth-order valence-corrected chi connectivity index (χ4v) is 5.95. The van der Waals surface area contributed by atoms with Crippen LogP contribution in [0, 0.1) is 0 Å². The number of amides is 1. The first-order chi connectivity index (χ1) is 21.1. The smallest absolute Gasteiger partial charge is 0.251 e. The first kappa shape index (κ1) is 28.4. The molecule has 6 nitrogen and oxygen atoms in total. The molecule has 0 spiro atoms. The minimum atomic E-state index is -0.158. The van der Waals surface area contributed by atoms with Crippen molar-refractivity contribution >= 4 is 28.2 Å². The van der Waals surface area contributed by atoms with Crippen LogP contribution in [0.1, 0.15) is 71.3 Å². The lowest BCUT2D eigenvalue weighted by atomic mass is 9.99. The number of benzene rings is 4. The maximum Gasteiger partial charge on any atom is 0.251 e. The fraction of sp³-hybridized carbons (Fsp3) is 0.243. The van der Waals surface area contributed by atoms with Gasteiger partial charge >= 0.3 is 0 Å². The Balaban J connectivity index is 1.30. The molecule has 4 aromatic carbocycles. The Bertz CT molecular complexity index is 1700. The summed E-state index contributed by atoms with van der Waals surface area (Å²) in [4.78, 5) is 23.9. The maximum absolute atomic E-state index is 13.3. The van der Waals surface area contributed by atoms with E-state index in [0.29, 0.717) is 22.4 Å². The number of aromatic amines is 1. The van der Waals surface area contributed by atoms with E-state index in [4.69, 9.17) is 4.99 Å². The number of rotatable bonds is 9. The third-order valence-corrected chi connectivity index (χ3v) is 8.27. The summed E-state index contributed by atoms with van der Waals surface area (Å²) in [7, 11) is 0. The number of hydrogen-bond acceptors (Lipinski definition) is 4. The molecule has 6 heteroatoms. The highest BCUT2D eigenvalue weighted by Gasteiger charge is 2.21. The molecule has 1 amide bonds. The van der Waals surface area contributed by atoms with Crippen LogP contribution in [0.4, 0.5) is 5.69 Å². The summed E-state index contributed by atoms with van der Waals surface area (Å²) in [5, 5.41) is 15.1. The molecule has 218 valence electrons. The van der Waals surface area contributed by atoms with E-state index in [1.54, 1.807) is 6.07 Å². The summed E-state index contributed by atoms with van der Waals surface area (Å²) >= 11 is 0. The second-order valence-corrected chi connectivity index (χ2v) is 11.3. The number of fused-ring (bicyclic) bond motifs is 1. The van der Waals surface area contributed by atoms with Gasteiger partial charge < -0.3 is 15.4 Å². The number of nitrogens with one attached hydrogen (secondary N) is 2. The van der Waals surface area contributed by atoms with Crippen LogP contribution in [-0.4, -0.2) is 39.7 Å². The van der Waals surface area contributed by atoms with Crippen LogP contribution in [0.25, 0.3) is 10.9 Å². The Kier molecular flexibility index (Phi) is 8.66. The number of carbonyl (C=O) groups is 1. The zero-order valence-corrected chi connectivity index (χ0v) is 24.6. The summed E-state index contributed by atoms with van der Waals surface area (Å²) in [6.07, 6.45) is 4.66. The molecule has 6 rings (SSSR count). The zero-order valence-electron chi connectivity index (χ0n) is 24.6. The molecule has 1 fully saturated rings. The number of piperidine rings is 1. The maximum atomic E-state index is 13.3. The minimum Gasteiger partial charge on any atom is -0.494 e. The molecule has 1 atom stereocenters. The standard InChI is InChI=1S/C37H38N4O2/c1-2-32(27-12-6-3-7-13-27)39-36(42)29-18-21-31-33(24-29)40-37(43)34(31)35(28-14-8-4-9-15-28)38-30-19-16-26(17-20-30)25-41-22-10-5-11-23-41/h3-4,6-9,12-21,24,32,40,43H,2,5,10-11,22-23,25H2,1H3,(H,39,42)/t32-/m1/s1. The van der Waals surface area contributed by atoms with E-state index in [2.05, 4.69) is 34.3 Å². The van der Waals surface area contributed by atoms with Gasteiger partial charge in [0.05, 0.1) is 23.0 Å². The Morgan fingerprint density at radius 1 is 0.884 bits per heavy atom. The van der Waals surface area contributed by atoms with Crippen LogP contribution in [0.5, 0.6) is 5.88 Å². The third-order valence-electron chi connectivity index (χ3n) is 8.27. The van der Waals surface area contributed by atoms with Gasteiger partial charge in [0, 0.05) is 28.6 Å². The molecule has 2 heterocycles. The van der Waals surface area contributed by atoms with Gasteiger partial charge in [-0.1, -0.05) is 92.2 Å². The topological polar surface area (TPSA) is 80.7 Å². The molecule has 1 aliphatic rings. The van der Waals surface area contributed by atoms with Gasteiger partial charge in [-0.05, 0) is 67.7 Å². The number of hydrogen-bond donors (Lipinski definition) is 3. The van der Waals surface area contributed by atoms with Crippen LogP contribution in [0.15, 0.2) is 108 Å². The highest BCUT2D eigenvalue weighted by atomic mass is 16.3. The Labute approximate surface area is 253 Å². The number of likely N-dealkylation sites (tertiary alicyclic amines) is 1. The molecular weight excluding hydrogens is 532 g/mol. The van der Waals surface area contributed by atoms with Gasteiger partial charge in [0.15, 0.2) is 5.88 Å². The summed E-state index contributed by atoms with van der Waals surface area (Å²) in [5.74, 6) is -0.137. The number of aromatic nitrogens is 1. The number of aromatic hydroxyl groups is 1. The average Bonchev–Trinajstić information content (AvgIpc) is 3.39. The molecular formula is C37H38N4O2. The Hall–Kier alpha value is -4.68. The largest absolute Gasteiger partial charge is 0.494 e. The second kappa shape index (κ2) is 13.1. The van der Waals surface area contributed by atoms with E-state index in [1.165, 1.54) is 24.8 Å². The van der Waals surface area contributed by atoms with Gasteiger partial charge in [-0.15, -0.1) is 0 Å². The summed E-state index contributed by atoms with van der Waals surface area (Å²) < 4.78 is 0. The molecule has 0 unspecified atom stereocenters. The molecule has 0 saturated carbocycles. The summed E-state index contributed by atoms with van der Waals surface area (Å²) in [6, 6.07) is 33.7. The molecule has 0 radical (unpaired) electrons. The van der Waals surface area contributed by atoms with Gasteiger partial charge in [-0.3, -0.25) is 9.69 Å². The van der Waals surface area contributed by atoms with Crippen molar-refractivity contribution in [3.63, 3.8) is 0 Å². The first-order valence-electron chi connectivity index (χ1n) is 15.3. The van der Waals surface area contributed by atoms with Gasteiger partial charge in [0.2, 0.25) is 0 Å². The van der Waals surface area contributed by atoms with E-state index in [0.717, 1.165) is 48.3 Å². The quantitative estimate of drug-likeness (QED) is 0.158. The van der Waals surface area contributed by atoms with Crippen molar-refractivity contribution in [2.24, 2.45) is 4.99 Å². The van der Waals surface area contributed by atoms with E-state index in [1.807, 2.05) is 84.9 Å². The van der Waals surface area contributed by atoms with Gasteiger partial charge in [0.25, 0.3) is 5.91 Å². The molecule has 43 heavy (non-hydrogen) atoms. The van der Waals surface area contributed by atoms with Crippen LogP contribution in [0.3, 0.4) is 0 Å². The van der Waals surface area contributed by atoms with Crippen molar-refractivity contribution in [1.82, 2.24) is 15.2 Å². The van der Waals surface area contributed by atoms with Crippen LogP contribution >= 0.6 is 0 Å². The molecule has 1 aromatic heterocycles. The Morgan fingerprint density at radius 2 is 1.58 bits per heavy atom. The molecule has 0 aliphatic carbocycles. The third kappa shape index (κ3) is 6.55. The number of carbonyl (C=O) groups excluding carboxylic acids is 1. The Morgan fingerprint density at radius 3 is 2.28 bits per heavy atom. The predicted molar refractivity (Wildman–Crippen MR) is 174 cm³/mol. The van der Waals surface area contributed by atoms with E-state index in [9.17, 15) is 9.90 Å². The lowest BCUT2D eigenvalue weighted by Crippen LogP contribution is -2.28. The van der Waals surface area contributed by atoms with Gasteiger partial charge in [-0.2, -0.15) is 0 Å². The highest BCUT2D eigenvalue weighted by Crippen LogP contribution is 2.32. The predicted octanol–water partition coefficient (Wildman–Crippen LogP) is 7.91. The normalized spacial score (nSPS) is 15.0. The number of H-pyrrole nitrogens is 1. The fourth-order valence-electron chi connectivity index (χ4n) is 5.95. The van der Waals surface area contributed by atoms with E-state index in [-0.39, 0.29) is 17.8 Å². The van der Waals surface area contributed by atoms with Crippen molar-refractivity contribution in [2.45, 2.75) is 45.2 Å². The molecule has 1 aliphatic heterocycles. The van der Waals surface area contributed by atoms with Crippen molar-refractivity contribution in [3.05, 3.63) is 131 Å². The summed E-state index contributed by atoms with van der Waals surface area (Å²) in [5.41, 5.74) is 6.54. The molecule has 1 saturated heterocycles. The molecule has 3 N–H and O–H groups in total. The molecule has 5 aromatic rings. The number of aliphatic imine (C=N–C) groups is 1. The van der Waals surface area contributed by atoms with E-state index < -0.39 is 0 Å². The SMILES string of the molecule is CC[C@@H](NC(=O)c1ccc2c(C(=Nc3ccc(CN4CCCCC4)cc3)c3ccccc3)c(O)[nH]c2c1)c1ccccc1. The van der Waals surface area contributed by atoms with Crippen molar-refractivity contribution in [1.29, 1.82) is 0 Å². The lowest BCUT2D eigenvalue weighted by Gasteiger charge is -2.26. The summed E-state index contributed by atoms with van der Waals surface area (Å²) in [6.45, 7) is 5.34. The number of nitrogens with zero attached hydrogens (tertiary/aromatic N) is 2. The van der Waals surface area contributed by atoms with Crippen LogP contribution < -0.4 is 5.32 Å². The van der Waals surface area contributed by atoms with Gasteiger partial charge in [-0.25, -0.2) is 4.99 Å². The van der Waals surface area contributed by atoms with Crippen LogP contribution in [-0.2, 0) is 6.54 Å². The van der Waals surface area contributed by atoms with Gasteiger partial charge in [0.1, 0.15) is 0 Å². The lowest BCUT2D eigenvalue weighted by molar-refractivity contribution is 0.0935. The van der Waals surface area contributed by atoms with Crippen LogP contribution in [0.2, 0.25) is 0 Å².